The van der Waals surface area contributed by atoms with Gasteiger partial charge in [0.05, 0.1) is 18.3 Å². The van der Waals surface area contributed by atoms with Crippen molar-refractivity contribution in [3.63, 3.8) is 0 Å². The molecule has 0 saturated heterocycles. The van der Waals surface area contributed by atoms with Gasteiger partial charge in [-0.15, -0.1) is 0 Å². The number of allylic oxidation sites excluding steroid dienone is 2. The minimum atomic E-state index is -0.435. The van der Waals surface area contributed by atoms with E-state index in [-0.39, 0.29) is 17.5 Å². The summed E-state index contributed by atoms with van der Waals surface area (Å²) in [6.07, 6.45) is 7.29. The fourth-order valence-electron chi connectivity index (χ4n) is 6.37. The zero-order valence-corrected chi connectivity index (χ0v) is 26.5. The van der Waals surface area contributed by atoms with Gasteiger partial charge in [-0.3, -0.25) is 14.6 Å². The predicted octanol–water partition coefficient (Wildman–Crippen LogP) is 8.29. The smallest absolute Gasteiger partial charge is 0.228 e. The normalized spacial score (nSPS) is 18.6. The van der Waals surface area contributed by atoms with Crippen LogP contribution in [0.4, 0.5) is 5.69 Å². The Morgan fingerprint density at radius 1 is 0.956 bits per heavy atom. The molecule has 1 unspecified atom stereocenters. The van der Waals surface area contributed by atoms with E-state index in [4.69, 9.17) is 22.1 Å². The molecule has 1 heterocycles. The number of benzene rings is 3. The zero-order valence-electron chi connectivity index (χ0n) is 25.8. The lowest BCUT2D eigenvalue weighted by Crippen LogP contribution is -2.28. The summed E-state index contributed by atoms with van der Waals surface area (Å²) >= 11 is 5.96. The lowest BCUT2D eigenvalue weighted by molar-refractivity contribution is 0.0914. The number of halogens is 1. The van der Waals surface area contributed by atoms with Crippen molar-refractivity contribution < 1.29 is 19.4 Å². The second-order valence-electron chi connectivity index (χ2n) is 11.8. The fraction of sp³-hybridized carbons (Fsp3) is 0.324. The molecule has 3 aromatic carbocycles. The number of nitrogens with one attached hydrogen (secondary N) is 1. The maximum Gasteiger partial charge on any atom is 0.228 e. The number of carbonyl (C=O) groups excluding carboxylic acids is 2. The molecule has 8 heteroatoms. The van der Waals surface area contributed by atoms with Crippen molar-refractivity contribution in [3.05, 3.63) is 112 Å². The monoisotopic (exact) mass is 625 g/mol. The van der Waals surface area contributed by atoms with Crippen LogP contribution >= 0.6 is 11.6 Å². The molecule has 2 aliphatic carbocycles. The first kappa shape index (κ1) is 32.2. The molecule has 0 aliphatic heterocycles. The average Bonchev–Trinajstić information content (AvgIpc) is 3.07. The molecule has 4 N–H and O–H groups in total. The van der Waals surface area contributed by atoms with Crippen LogP contribution in [0, 0.1) is 5.92 Å². The van der Waals surface area contributed by atoms with Crippen LogP contribution in [-0.2, 0) is 0 Å². The van der Waals surface area contributed by atoms with E-state index in [1.54, 1.807) is 31.4 Å². The lowest BCUT2D eigenvalue weighted by atomic mass is 9.72. The highest BCUT2D eigenvalue weighted by Gasteiger charge is 2.37. The van der Waals surface area contributed by atoms with E-state index in [0.29, 0.717) is 28.7 Å². The number of aromatic nitrogens is 1. The molecular formula is C37H40ClN3O4. The fourth-order valence-corrected chi connectivity index (χ4v) is 6.49. The molecule has 1 aromatic heterocycles. The van der Waals surface area contributed by atoms with Crippen LogP contribution in [0.2, 0.25) is 5.02 Å². The third-order valence-corrected chi connectivity index (χ3v) is 9.02. The molecule has 7 nitrogen and oxygen atoms in total. The summed E-state index contributed by atoms with van der Waals surface area (Å²) in [5.74, 6) is 0.205. The first-order valence-electron chi connectivity index (χ1n) is 15.6. The van der Waals surface area contributed by atoms with Gasteiger partial charge in [-0.05, 0) is 93.7 Å². The Morgan fingerprint density at radius 3 is 2.29 bits per heavy atom. The summed E-state index contributed by atoms with van der Waals surface area (Å²) in [5.41, 5.74) is 9.80. The number of ketones is 2. The quantitative estimate of drug-likeness (QED) is 0.180. The van der Waals surface area contributed by atoms with Crippen molar-refractivity contribution in [2.75, 3.05) is 19.0 Å². The Bertz CT molecular complexity index is 1690. The van der Waals surface area contributed by atoms with Gasteiger partial charge in [-0.1, -0.05) is 54.1 Å². The summed E-state index contributed by atoms with van der Waals surface area (Å²) in [4.78, 5) is 29.8. The number of anilines is 1. The largest absolute Gasteiger partial charge is 0.504 e. The molecule has 45 heavy (non-hydrogen) atoms. The zero-order chi connectivity index (χ0) is 31.9. The topological polar surface area (TPSA) is 115 Å². The number of Topliss-reactive ketones (excluding diaryl/α,β-unsaturated/α-hetero) is 2. The number of pyridine rings is 1. The molecule has 1 atom stereocenters. The summed E-state index contributed by atoms with van der Waals surface area (Å²) in [6.45, 7) is 2.88. The summed E-state index contributed by atoms with van der Waals surface area (Å²) < 4.78 is 5.34. The SMILES string of the molecule is COc1cc(NC(C)CCCN)c2ncccc2c1.O=C1C(O)=C([C@H]2CC[C@H](c3ccc(Cl)cc3)CC2)C(=O)c2ccccc21. The number of nitrogens with zero attached hydrogens (tertiary/aromatic N) is 1. The summed E-state index contributed by atoms with van der Waals surface area (Å²) in [7, 11) is 1.68. The summed E-state index contributed by atoms with van der Waals surface area (Å²) in [6, 6.07) is 23.0. The van der Waals surface area contributed by atoms with E-state index in [9.17, 15) is 14.7 Å². The molecule has 4 aromatic rings. The van der Waals surface area contributed by atoms with E-state index >= 15 is 0 Å². The molecule has 0 amide bonds. The van der Waals surface area contributed by atoms with Crippen LogP contribution in [0.1, 0.15) is 77.6 Å². The van der Waals surface area contributed by atoms with E-state index in [0.717, 1.165) is 72.4 Å². The van der Waals surface area contributed by atoms with Crippen LogP contribution < -0.4 is 15.8 Å². The molecular weight excluding hydrogens is 586 g/mol. The number of fused-ring (bicyclic) bond motifs is 2. The number of nitrogens with two attached hydrogens (primary N) is 1. The van der Waals surface area contributed by atoms with E-state index in [1.165, 1.54) is 5.56 Å². The van der Waals surface area contributed by atoms with Gasteiger partial charge in [0.2, 0.25) is 5.78 Å². The number of carbonyl (C=O) groups is 2. The van der Waals surface area contributed by atoms with E-state index in [2.05, 4.69) is 29.4 Å². The van der Waals surface area contributed by atoms with Gasteiger partial charge >= 0.3 is 0 Å². The van der Waals surface area contributed by atoms with Gasteiger partial charge in [0.25, 0.3) is 0 Å². The highest BCUT2D eigenvalue weighted by atomic mass is 35.5. The predicted molar refractivity (Wildman–Crippen MR) is 181 cm³/mol. The van der Waals surface area contributed by atoms with Crippen molar-refractivity contribution in [1.82, 2.24) is 4.98 Å². The minimum absolute atomic E-state index is 0.0663. The van der Waals surface area contributed by atoms with E-state index in [1.807, 2.05) is 42.6 Å². The van der Waals surface area contributed by atoms with Crippen molar-refractivity contribution in [1.29, 1.82) is 0 Å². The van der Waals surface area contributed by atoms with Crippen molar-refractivity contribution in [2.24, 2.45) is 11.7 Å². The van der Waals surface area contributed by atoms with Gasteiger partial charge in [-0.25, -0.2) is 0 Å². The third-order valence-electron chi connectivity index (χ3n) is 8.77. The number of hydrogen-bond donors (Lipinski definition) is 3. The van der Waals surface area contributed by atoms with Crippen LogP contribution in [0.3, 0.4) is 0 Å². The number of aliphatic hydroxyl groups excluding tert-OH is 1. The number of ether oxygens (including phenoxy) is 1. The van der Waals surface area contributed by atoms with Gasteiger partial charge in [-0.2, -0.15) is 0 Å². The highest BCUT2D eigenvalue weighted by Crippen LogP contribution is 2.42. The Labute approximate surface area is 269 Å². The molecule has 6 rings (SSSR count). The second kappa shape index (κ2) is 14.7. The van der Waals surface area contributed by atoms with Gasteiger partial charge in [0.15, 0.2) is 11.5 Å². The molecule has 1 fully saturated rings. The molecule has 0 spiro atoms. The van der Waals surface area contributed by atoms with Gasteiger partial charge in [0, 0.05) is 45.4 Å². The molecule has 0 bridgehead atoms. The summed E-state index contributed by atoms with van der Waals surface area (Å²) in [5, 5.41) is 15.7. The van der Waals surface area contributed by atoms with Crippen LogP contribution in [0.25, 0.3) is 10.9 Å². The average molecular weight is 626 g/mol. The maximum absolute atomic E-state index is 12.9. The third kappa shape index (κ3) is 7.38. The number of hydrogen-bond acceptors (Lipinski definition) is 7. The Morgan fingerprint density at radius 2 is 1.62 bits per heavy atom. The standard InChI is InChI=1S/C22H19ClO3.C15H21N3O/c23-16-11-9-14(10-12-16)13-5-7-15(8-6-13)19-20(24)17-3-1-2-4-18(17)21(25)22(19)26;1-11(5-3-7-16)18-14-10-13(19-2)9-12-6-4-8-17-15(12)14/h1-4,9-13,15,26H,5-8H2;4,6,8-11,18H,3,5,7,16H2,1-2H3/t13-,15-;. The minimum Gasteiger partial charge on any atom is -0.504 e. The van der Waals surface area contributed by atoms with Crippen molar-refractivity contribution >= 4 is 39.8 Å². The molecule has 1 saturated carbocycles. The molecule has 0 radical (unpaired) electrons. The van der Waals surface area contributed by atoms with Gasteiger partial charge < -0.3 is 20.9 Å². The first-order chi connectivity index (χ1) is 21.8. The Hall–Kier alpha value is -4.20. The van der Waals surface area contributed by atoms with Crippen molar-refractivity contribution in [2.45, 2.75) is 57.4 Å². The molecule has 2 aliphatic rings. The Kier molecular flexibility index (Phi) is 10.5. The van der Waals surface area contributed by atoms with Gasteiger partial charge in [0.1, 0.15) is 5.75 Å². The Balaban J connectivity index is 0.000000187. The van der Waals surface area contributed by atoms with Crippen LogP contribution in [-0.4, -0.2) is 41.4 Å². The van der Waals surface area contributed by atoms with Crippen LogP contribution in [0.15, 0.2) is 90.3 Å². The number of aliphatic hydroxyl groups is 1. The maximum atomic E-state index is 12.9. The lowest BCUT2D eigenvalue weighted by Gasteiger charge is -2.31. The van der Waals surface area contributed by atoms with E-state index < -0.39 is 5.78 Å². The van der Waals surface area contributed by atoms with Crippen molar-refractivity contribution in [3.8, 4) is 5.75 Å². The first-order valence-corrected chi connectivity index (χ1v) is 15.9. The van der Waals surface area contributed by atoms with Crippen LogP contribution in [0.5, 0.6) is 5.75 Å². The molecule has 234 valence electrons. The second-order valence-corrected chi connectivity index (χ2v) is 12.2. The highest BCUT2D eigenvalue weighted by molar-refractivity contribution is 6.30. The number of methoxy groups -OCH3 is 1. The number of rotatable bonds is 8.